The van der Waals surface area contributed by atoms with Crippen LogP contribution in [0.1, 0.15) is 34.8 Å². The van der Waals surface area contributed by atoms with Crippen LogP contribution in [0, 0.1) is 5.92 Å². The smallest absolute Gasteiger partial charge is 0.253 e. The number of rotatable bonds is 7. The van der Waals surface area contributed by atoms with Crippen LogP contribution in [0.2, 0.25) is 0 Å². The summed E-state index contributed by atoms with van der Waals surface area (Å²) < 4.78 is 6.18. The molecular weight excluding hydrogens is 458 g/mol. The van der Waals surface area contributed by atoms with E-state index in [4.69, 9.17) is 4.74 Å². The Bertz CT molecular complexity index is 876. The zero-order valence-electron chi connectivity index (χ0n) is 18.3. The van der Waals surface area contributed by atoms with Gasteiger partial charge < -0.3 is 19.9 Å². The summed E-state index contributed by atoms with van der Waals surface area (Å²) in [6.45, 7) is 1.74. The number of hydrogen-bond donors (Lipinski definition) is 1. The predicted octanol–water partition coefficient (Wildman–Crippen LogP) is 3.73. The molecule has 3 rings (SSSR count). The van der Waals surface area contributed by atoms with Crippen molar-refractivity contribution in [1.29, 1.82) is 0 Å². The Morgan fingerprint density at radius 2 is 1.71 bits per heavy atom. The number of amides is 2. The van der Waals surface area contributed by atoms with Crippen LogP contribution in [0.15, 0.2) is 53.0 Å². The summed E-state index contributed by atoms with van der Waals surface area (Å²) in [6, 6.07) is 15.4. The van der Waals surface area contributed by atoms with Crippen LogP contribution >= 0.6 is 15.9 Å². The normalized spacial score (nSPS) is 15.6. The van der Waals surface area contributed by atoms with E-state index in [0.29, 0.717) is 38.0 Å². The quantitative estimate of drug-likeness (QED) is 0.646. The van der Waals surface area contributed by atoms with Crippen LogP contribution in [0.5, 0.6) is 5.75 Å². The SMILES string of the molecule is COc1ccc([C@@H](CNC(=O)C2CCN(C(=O)c3ccc(Br)cc3)CC2)N(C)C)cc1. The second kappa shape index (κ2) is 10.8. The number of likely N-dealkylation sites (tertiary alicyclic amines) is 1. The molecule has 0 aliphatic carbocycles. The van der Waals surface area contributed by atoms with Crippen molar-refractivity contribution >= 4 is 27.7 Å². The molecule has 1 aliphatic heterocycles. The first-order valence-corrected chi connectivity index (χ1v) is 11.3. The molecule has 2 aromatic rings. The fourth-order valence-corrected chi connectivity index (χ4v) is 4.15. The van der Waals surface area contributed by atoms with E-state index in [1.54, 1.807) is 7.11 Å². The third-order valence-corrected chi connectivity index (χ3v) is 6.37. The van der Waals surface area contributed by atoms with Crippen molar-refractivity contribution in [3.63, 3.8) is 0 Å². The minimum Gasteiger partial charge on any atom is -0.497 e. The molecule has 0 spiro atoms. The van der Waals surface area contributed by atoms with Gasteiger partial charge in [0.05, 0.1) is 13.2 Å². The Hall–Kier alpha value is -2.38. The van der Waals surface area contributed by atoms with Gasteiger partial charge in [-0.1, -0.05) is 28.1 Å². The Kier molecular flexibility index (Phi) is 8.09. The van der Waals surface area contributed by atoms with Gasteiger partial charge in [0.25, 0.3) is 5.91 Å². The lowest BCUT2D eigenvalue weighted by molar-refractivity contribution is -0.126. The van der Waals surface area contributed by atoms with Crippen LogP contribution in [-0.2, 0) is 4.79 Å². The second-order valence-electron chi connectivity index (χ2n) is 8.07. The van der Waals surface area contributed by atoms with Gasteiger partial charge in [0, 0.05) is 35.6 Å². The maximum absolute atomic E-state index is 12.8. The molecule has 1 saturated heterocycles. The summed E-state index contributed by atoms with van der Waals surface area (Å²) in [6.07, 6.45) is 1.37. The van der Waals surface area contributed by atoms with E-state index in [1.165, 1.54) is 0 Å². The Labute approximate surface area is 192 Å². The van der Waals surface area contributed by atoms with Gasteiger partial charge in [-0.05, 0) is 68.9 Å². The summed E-state index contributed by atoms with van der Waals surface area (Å²) in [4.78, 5) is 29.4. The average Bonchev–Trinajstić information content (AvgIpc) is 2.79. The molecule has 0 aromatic heterocycles. The van der Waals surface area contributed by atoms with Crippen molar-refractivity contribution in [2.45, 2.75) is 18.9 Å². The third-order valence-electron chi connectivity index (χ3n) is 5.84. The van der Waals surface area contributed by atoms with Gasteiger partial charge in [-0.25, -0.2) is 0 Å². The van der Waals surface area contributed by atoms with E-state index < -0.39 is 0 Å². The fraction of sp³-hybridized carbons (Fsp3) is 0.417. The number of nitrogens with one attached hydrogen (secondary N) is 1. The number of carbonyl (C=O) groups excluding carboxylic acids is 2. The summed E-state index contributed by atoms with van der Waals surface area (Å²) >= 11 is 3.39. The fourth-order valence-electron chi connectivity index (χ4n) is 3.89. The molecule has 1 heterocycles. The highest BCUT2D eigenvalue weighted by atomic mass is 79.9. The number of halogens is 1. The predicted molar refractivity (Wildman–Crippen MR) is 125 cm³/mol. The maximum Gasteiger partial charge on any atom is 0.253 e. The molecule has 2 amide bonds. The van der Waals surface area contributed by atoms with E-state index >= 15 is 0 Å². The molecule has 1 fully saturated rings. The number of piperidine rings is 1. The van der Waals surface area contributed by atoms with Crippen molar-refractivity contribution in [3.8, 4) is 5.75 Å². The highest BCUT2D eigenvalue weighted by Gasteiger charge is 2.28. The molecule has 7 heteroatoms. The average molecular weight is 488 g/mol. The van der Waals surface area contributed by atoms with Crippen molar-refractivity contribution < 1.29 is 14.3 Å². The first-order chi connectivity index (χ1) is 14.9. The van der Waals surface area contributed by atoms with Gasteiger partial charge >= 0.3 is 0 Å². The Morgan fingerprint density at radius 1 is 1.10 bits per heavy atom. The molecule has 0 saturated carbocycles. The molecular formula is C24H30BrN3O3. The molecule has 1 aliphatic rings. The lowest BCUT2D eigenvalue weighted by Crippen LogP contribution is -2.44. The van der Waals surface area contributed by atoms with Crippen molar-refractivity contribution in [2.75, 3.05) is 40.8 Å². The number of likely N-dealkylation sites (N-methyl/N-ethyl adjacent to an activating group) is 1. The van der Waals surface area contributed by atoms with Crippen LogP contribution in [0.25, 0.3) is 0 Å². The highest BCUT2D eigenvalue weighted by Crippen LogP contribution is 2.23. The largest absolute Gasteiger partial charge is 0.497 e. The molecule has 0 bridgehead atoms. The molecule has 1 atom stereocenters. The van der Waals surface area contributed by atoms with E-state index in [-0.39, 0.29) is 23.8 Å². The van der Waals surface area contributed by atoms with Crippen LogP contribution in [0.3, 0.4) is 0 Å². The summed E-state index contributed by atoms with van der Waals surface area (Å²) in [5, 5.41) is 3.12. The molecule has 0 unspecified atom stereocenters. The second-order valence-corrected chi connectivity index (χ2v) is 8.99. The zero-order valence-corrected chi connectivity index (χ0v) is 19.9. The molecule has 0 radical (unpaired) electrons. The monoisotopic (exact) mass is 487 g/mol. The summed E-state index contributed by atoms with van der Waals surface area (Å²) in [5.41, 5.74) is 1.81. The van der Waals surface area contributed by atoms with Gasteiger partial charge in [-0.3, -0.25) is 9.59 Å². The lowest BCUT2D eigenvalue weighted by atomic mass is 9.95. The van der Waals surface area contributed by atoms with Crippen molar-refractivity contribution in [2.24, 2.45) is 5.92 Å². The van der Waals surface area contributed by atoms with Gasteiger partial charge in [0.15, 0.2) is 0 Å². The maximum atomic E-state index is 12.8. The minimum atomic E-state index is -0.0624. The zero-order chi connectivity index (χ0) is 22.4. The number of ether oxygens (including phenoxy) is 1. The molecule has 166 valence electrons. The molecule has 31 heavy (non-hydrogen) atoms. The van der Waals surface area contributed by atoms with Crippen molar-refractivity contribution in [1.82, 2.24) is 15.1 Å². The van der Waals surface area contributed by atoms with E-state index in [9.17, 15) is 9.59 Å². The molecule has 6 nitrogen and oxygen atoms in total. The van der Waals surface area contributed by atoms with Crippen LogP contribution in [0.4, 0.5) is 0 Å². The number of carbonyl (C=O) groups is 2. The highest BCUT2D eigenvalue weighted by molar-refractivity contribution is 9.10. The van der Waals surface area contributed by atoms with Crippen LogP contribution < -0.4 is 10.1 Å². The van der Waals surface area contributed by atoms with E-state index in [0.717, 1.165) is 15.8 Å². The Balaban J connectivity index is 1.51. The number of methoxy groups -OCH3 is 1. The van der Waals surface area contributed by atoms with Gasteiger partial charge in [-0.2, -0.15) is 0 Å². The minimum absolute atomic E-state index is 0.0264. The van der Waals surface area contributed by atoms with Gasteiger partial charge in [0.2, 0.25) is 5.91 Å². The standard InChI is InChI=1S/C24H30BrN3O3/c1-27(2)22(17-6-10-21(31-3)11-7-17)16-26-23(29)18-12-14-28(15-13-18)24(30)19-4-8-20(25)9-5-19/h4-11,18,22H,12-16H2,1-3H3,(H,26,29)/t22-/m1/s1. The topological polar surface area (TPSA) is 61.9 Å². The molecule has 2 aromatic carbocycles. The molecule has 1 N–H and O–H groups in total. The summed E-state index contributed by atoms with van der Waals surface area (Å²) in [7, 11) is 5.66. The van der Waals surface area contributed by atoms with Crippen molar-refractivity contribution in [3.05, 3.63) is 64.1 Å². The lowest BCUT2D eigenvalue weighted by Gasteiger charge is -2.32. The van der Waals surface area contributed by atoms with Gasteiger partial charge in [-0.15, -0.1) is 0 Å². The number of hydrogen-bond acceptors (Lipinski definition) is 4. The first-order valence-electron chi connectivity index (χ1n) is 10.5. The first kappa shape index (κ1) is 23.3. The number of benzene rings is 2. The summed E-state index contributed by atoms with van der Waals surface area (Å²) in [5.74, 6) is 0.844. The third kappa shape index (κ3) is 6.08. The van der Waals surface area contributed by atoms with E-state index in [1.807, 2.05) is 67.5 Å². The van der Waals surface area contributed by atoms with E-state index in [2.05, 4.69) is 26.1 Å². The van der Waals surface area contributed by atoms with Crippen LogP contribution in [-0.4, -0.2) is 62.5 Å². The van der Waals surface area contributed by atoms with Gasteiger partial charge in [0.1, 0.15) is 5.75 Å². The number of nitrogens with zero attached hydrogens (tertiary/aromatic N) is 2. The Morgan fingerprint density at radius 3 is 2.26 bits per heavy atom.